The molecule has 1 N–H and O–H groups in total. The van der Waals surface area contributed by atoms with Gasteiger partial charge in [0.15, 0.2) is 6.04 Å². The molecule has 4 aromatic rings. The number of halogens is 3. The number of rotatable bonds is 10. The van der Waals surface area contributed by atoms with E-state index in [0.29, 0.717) is 40.4 Å². The first kappa shape index (κ1) is 33.8. The summed E-state index contributed by atoms with van der Waals surface area (Å²) < 4.78 is 75.1. The van der Waals surface area contributed by atoms with Crippen LogP contribution in [0.5, 0.6) is 11.5 Å². The number of hydrogen-bond donors (Lipinski definition) is 1. The highest BCUT2D eigenvalue weighted by molar-refractivity contribution is 7.89. The Balaban J connectivity index is 1.21. The normalized spacial score (nSPS) is 20.4. The topological polar surface area (TPSA) is 84.9 Å². The molecule has 7 nitrogen and oxygen atoms in total. The fourth-order valence-electron chi connectivity index (χ4n) is 7.67. The second-order valence-electron chi connectivity index (χ2n) is 13.5. The third-order valence-corrected chi connectivity index (χ3v) is 12.0. The minimum atomic E-state index is -4.59. The maximum atomic E-state index is 16.8. The van der Waals surface area contributed by atoms with Crippen molar-refractivity contribution in [2.45, 2.75) is 67.9 Å². The quantitative estimate of drug-likeness (QED) is 0.180. The molecule has 2 aliphatic carbocycles. The number of hydrogen-bond acceptors (Lipinski definition) is 5. The number of carbonyl (C=O) groups excluding carboxylic acids is 1. The van der Waals surface area contributed by atoms with Gasteiger partial charge in [-0.1, -0.05) is 54.4 Å². The van der Waals surface area contributed by atoms with E-state index in [9.17, 15) is 13.2 Å². The lowest BCUT2D eigenvalue weighted by molar-refractivity contribution is -0.143. The van der Waals surface area contributed by atoms with Gasteiger partial charge in [-0.15, -0.1) is 0 Å². The largest absolute Gasteiger partial charge is 0.496 e. The summed E-state index contributed by atoms with van der Waals surface area (Å²) in [4.78, 5) is 15.2. The lowest BCUT2D eigenvalue weighted by atomic mass is 9.96. The fraction of sp³-hybridized carbons (Fsp3) is 0.395. The molecule has 1 aliphatic heterocycles. The first-order valence-corrected chi connectivity index (χ1v) is 18.7. The molecule has 258 valence electrons. The Kier molecular flexibility index (Phi) is 9.32. The molecule has 2 saturated carbocycles. The second-order valence-corrected chi connectivity index (χ2v) is 15.6. The van der Waals surface area contributed by atoms with Crippen LogP contribution in [0, 0.1) is 11.8 Å². The van der Waals surface area contributed by atoms with E-state index in [1.165, 1.54) is 42.3 Å². The highest BCUT2D eigenvalue weighted by atomic mass is 35.5. The number of nitrogens with zero attached hydrogens (tertiary/aromatic N) is 1. The van der Waals surface area contributed by atoms with Crippen LogP contribution in [0.25, 0.3) is 21.9 Å². The average molecular weight is 709 g/mol. The number of carbonyl (C=O) groups is 1. The number of nitrogens with one attached hydrogen (secondary N) is 1. The van der Waals surface area contributed by atoms with Gasteiger partial charge in [0.2, 0.25) is 15.9 Å². The minimum Gasteiger partial charge on any atom is -0.496 e. The molecule has 1 amide bonds. The van der Waals surface area contributed by atoms with Gasteiger partial charge in [0.05, 0.1) is 18.1 Å². The zero-order chi connectivity index (χ0) is 34.3. The third kappa shape index (κ3) is 6.87. The Morgan fingerprint density at radius 1 is 0.878 bits per heavy atom. The number of methoxy groups -OCH3 is 1. The Hall–Kier alpha value is -3.73. The van der Waals surface area contributed by atoms with Crippen molar-refractivity contribution < 1.29 is 31.5 Å². The predicted molar refractivity (Wildman–Crippen MR) is 186 cm³/mol. The number of ether oxygens (including phenoxy) is 2. The van der Waals surface area contributed by atoms with Crippen LogP contribution in [0.15, 0.2) is 83.8 Å². The predicted octanol–water partition coefficient (Wildman–Crippen LogP) is 8.19. The van der Waals surface area contributed by atoms with Crippen LogP contribution in [0.1, 0.15) is 50.5 Å². The van der Waals surface area contributed by atoms with Gasteiger partial charge in [-0.3, -0.25) is 4.79 Å². The molecule has 4 aromatic carbocycles. The molecule has 0 spiro atoms. The van der Waals surface area contributed by atoms with Gasteiger partial charge in [-0.2, -0.15) is 13.5 Å². The summed E-state index contributed by atoms with van der Waals surface area (Å²) >= 11 is 6.04. The number of likely N-dealkylation sites (tertiary alicyclic amines) is 1. The van der Waals surface area contributed by atoms with Crippen LogP contribution < -0.4 is 14.2 Å². The summed E-state index contributed by atoms with van der Waals surface area (Å²) in [5, 5.41) is 1.88. The highest BCUT2D eigenvalue weighted by Crippen LogP contribution is 2.42. The van der Waals surface area contributed by atoms with E-state index in [-0.39, 0.29) is 28.6 Å². The Morgan fingerprint density at radius 2 is 1.55 bits per heavy atom. The lowest BCUT2D eigenvalue weighted by Gasteiger charge is -2.31. The summed E-state index contributed by atoms with van der Waals surface area (Å²) in [6.07, 6.45) is 7.34. The average Bonchev–Trinajstić information content (AvgIpc) is 3.86. The van der Waals surface area contributed by atoms with Crippen molar-refractivity contribution in [1.82, 2.24) is 9.62 Å². The summed E-state index contributed by atoms with van der Waals surface area (Å²) in [6, 6.07) is 18.2. The summed E-state index contributed by atoms with van der Waals surface area (Å²) in [6.45, 7) is 0.662. The van der Waals surface area contributed by atoms with E-state index in [4.69, 9.17) is 21.1 Å². The van der Waals surface area contributed by atoms with Crippen molar-refractivity contribution in [2.24, 2.45) is 11.8 Å². The molecule has 11 heteroatoms. The van der Waals surface area contributed by atoms with Crippen molar-refractivity contribution in [2.75, 3.05) is 20.2 Å². The summed E-state index contributed by atoms with van der Waals surface area (Å²) in [7, 11) is -3.22. The molecular formula is C38H39ClF2N2O5S. The molecule has 3 atom stereocenters. The molecule has 0 aromatic heterocycles. The number of sulfonamides is 1. The Morgan fingerprint density at radius 3 is 2.24 bits per heavy atom. The van der Waals surface area contributed by atoms with Gasteiger partial charge in [0.1, 0.15) is 11.5 Å². The summed E-state index contributed by atoms with van der Waals surface area (Å²) in [5.74, 6) is -3.57. The van der Waals surface area contributed by atoms with Gasteiger partial charge in [0.25, 0.3) is 5.92 Å². The van der Waals surface area contributed by atoms with Crippen LogP contribution >= 0.6 is 11.6 Å². The molecular weight excluding hydrogens is 670 g/mol. The number of benzene rings is 4. The second kappa shape index (κ2) is 13.5. The van der Waals surface area contributed by atoms with Gasteiger partial charge < -0.3 is 14.4 Å². The standard InChI is InChI=1S/C38H39ClF2N2O5S/c1-47-35-21-29(13-18-34(35)24-9-14-30(39)15-10-24)38(40,41)36(37(44)43-22-27-5-4-6-28(27)23-43)42-49(45,46)33-17-12-25-19-32(16-11-26(25)20-33)48-31-7-2-3-8-31/h9-21,27-28,31,36,42H,2-8,22-23H2,1H3/t27-,28+,36-/m1/s1. The van der Waals surface area contributed by atoms with Gasteiger partial charge in [-0.25, -0.2) is 8.42 Å². The van der Waals surface area contributed by atoms with Crippen LogP contribution in [-0.2, 0) is 20.7 Å². The number of alkyl halides is 2. The third-order valence-electron chi connectivity index (χ3n) is 10.4. The molecule has 1 saturated heterocycles. The summed E-state index contributed by atoms with van der Waals surface area (Å²) in [5.41, 5.74) is 0.694. The van der Waals surface area contributed by atoms with E-state index in [2.05, 4.69) is 4.72 Å². The first-order valence-electron chi connectivity index (χ1n) is 16.9. The van der Waals surface area contributed by atoms with Crippen molar-refractivity contribution in [3.8, 4) is 22.6 Å². The van der Waals surface area contributed by atoms with Crippen LogP contribution in [0.4, 0.5) is 8.78 Å². The van der Waals surface area contributed by atoms with Gasteiger partial charge in [0, 0.05) is 29.2 Å². The Labute approximate surface area is 290 Å². The van der Waals surface area contributed by atoms with E-state index >= 15 is 8.78 Å². The highest BCUT2D eigenvalue weighted by Gasteiger charge is 2.52. The van der Waals surface area contributed by atoms with Gasteiger partial charge in [-0.05, 0) is 109 Å². The zero-order valence-corrected chi connectivity index (χ0v) is 28.8. The SMILES string of the molecule is COc1cc(C(F)(F)[C@H](NS(=O)(=O)c2ccc3cc(OC4CCCC4)ccc3c2)C(=O)N2C[C@H]3CCC[C@H]3C2)ccc1-c1ccc(Cl)cc1. The number of amides is 1. The first-order chi connectivity index (χ1) is 23.5. The molecule has 7 rings (SSSR count). The van der Waals surface area contributed by atoms with Crippen molar-refractivity contribution in [3.05, 3.63) is 89.4 Å². The molecule has 49 heavy (non-hydrogen) atoms. The van der Waals surface area contributed by atoms with E-state index in [1.807, 2.05) is 6.07 Å². The molecule has 3 fully saturated rings. The fourth-order valence-corrected chi connectivity index (χ4v) is 9.02. The van der Waals surface area contributed by atoms with Crippen molar-refractivity contribution in [1.29, 1.82) is 0 Å². The van der Waals surface area contributed by atoms with Crippen molar-refractivity contribution >= 4 is 38.3 Å². The van der Waals surface area contributed by atoms with E-state index < -0.39 is 33.5 Å². The maximum Gasteiger partial charge on any atom is 0.298 e. The van der Waals surface area contributed by atoms with E-state index in [0.717, 1.165) is 50.3 Å². The molecule has 3 aliphatic rings. The van der Waals surface area contributed by atoms with E-state index in [1.54, 1.807) is 42.5 Å². The molecule has 1 heterocycles. The maximum absolute atomic E-state index is 16.8. The van der Waals surface area contributed by atoms with Gasteiger partial charge >= 0.3 is 0 Å². The Bertz CT molecular complexity index is 1950. The zero-order valence-electron chi connectivity index (χ0n) is 27.2. The monoisotopic (exact) mass is 708 g/mol. The van der Waals surface area contributed by atoms with Crippen molar-refractivity contribution in [3.63, 3.8) is 0 Å². The smallest absolute Gasteiger partial charge is 0.298 e. The minimum absolute atomic E-state index is 0.148. The number of fused-ring (bicyclic) bond motifs is 2. The molecule has 0 bridgehead atoms. The van der Waals surface area contributed by atoms with Crippen LogP contribution in [0.2, 0.25) is 5.02 Å². The molecule has 0 unspecified atom stereocenters. The molecule has 0 radical (unpaired) electrons. The lowest BCUT2D eigenvalue weighted by Crippen LogP contribution is -2.56. The van der Waals surface area contributed by atoms with Crippen LogP contribution in [0.3, 0.4) is 0 Å². The van der Waals surface area contributed by atoms with Crippen LogP contribution in [-0.4, -0.2) is 51.6 Å².